The number of esters is 1. The Morgan fingerprint density at radius 1 is 1.05 bits per heavy atom. The van der Waals surface area contributed by atoms with E-state index in [-0.39, 0.29) is 29.6 Å². The van der Waals surface area contributed by atoms with Gasteiger partial charge in [-0.2, -0.15) is 0 Å². The number of hydrogen-bond donors (Lipinski definition) is 2. The van der Waals surface area contributed by atoms with Crippen LogP contribution in [0.1, 0.15) is 111 Å². The van der Waals surface area contributed by atoms with Gasteiger partial charge in [0.15, 0.2) is 5.54 Å². The molecule has 2 bridgehead atoms. The van der Waals surface area contributed by atoms with Crippen LogP contribution in [0.2, 0.25) is 0 Å². The molecule has 0 aromatic heterocycles. The number of hydrogen-bond acceptors (Lipinski definition) is 10. The number of cyclic esters (lactones) is 1. The van der Waals surface area contributed by atoms with E-state index in [1.807, 2.05) is 70.8 Å². The Labute approximate surface area is 344 Å². The molecule has 1 aliphatic heterocycles. The number of allylic oxidation sites excluding steroid dienone is 1. The number of nitrogens with two attached hydrogens (primary N) is 1. The third kappa shape index (κ3) is 13.2. The molecule has 9 nitrogen and oxygen atoms in total. The van der Waals surface area contributed by atoms with Crippen LogP contribution in [0.3, 0.4) is 0 Å². The second-order valence-electron chi connectivity index (χ2n) is 15.2. The van der Waals surface area contributed by atoms with Crippen molar-refractivity contribution >= 4 is 35.0 Å². The van der Waals surface area contributed by atoms with E-state index in [1.165, 1.54) is 11.3 Å². The van der Waals surface area contributed by atoms with Crippen molar-refractivity contribution in [2.24, 2.45) is 39.4 Å². The topological polar surface area (TPSA) is 111 Å². The maximum atomic E-state index is 13.7. The quantitative estimate of drug-likeness (QED) is 0.0794. The normalized spacial score (nSPS) is 23.0. The van der Waals surface area contributed by atoms with E-state index >= 15 is 0 Å². The Hall–Kier alpha value is -3.18. The minimum atomic E-state index is -0.860. The highest BCUT2D eigenvalue weighted by Gasteiger charge is 2.59. The van der Waals surface area contributed by atoms with Crippen molar-refractivity contribution in [2.75, 3.05) is 60.8 Å². The summed E-state index contributed by atoms with van der Waals surface area (Å²) in [5.74, 6) is 3.48. The molecule has 5 atom stereocenters. The summed E-state index contributed by atoms with van der Waals surface area (Å²) in [7, 11) is 9.11. The van der Waals surface area contributed by atoms with Crippen molar-refractivity contribution in [3.8, 4) is 5.75 Å². The fraction of sp³-hybridized carbons (Fsp3) is 0.630. The predicted molar refractivity (Wildman–Crippen MR) is 239 cm³/mol. The van der Waals surface area contributed by atoms with Crippen LogP contribution in [0.15, 0.2) is 69.1 Å². The van der Waals surface area contributed by atoms with E-state index in [0.29, 0.717) is 29.0 Å². The third-order valence-corrected chi connectivity index (χ3v) is 11.7. The Kier molecular flexibility index (Phi) is 22.1. The molecule has 2 aliphatic carbocycles. The lowest BCUT2D eigenvalue weighted by Gasteiger charge is -2.48. The van der Waals surface area contributed by atoms with Gasteiger partial charge in [0.25, 0.3) is 0 Å². The summed E-state index contributed by atoms with van der Waals surface area (Å²) in [4.78, 5) is 27.6. The minimum Gasteiger partial charge on any atom is -0.496 e. The van der Waals surface area contributed by atoms with Gasteiger partial charge in [0.1, 0.15) is 5.75 Å². The number of ether oxygens (including phenoxy) is 3. The Morgan fingerprint density at radius 2 is 1.73 bits per heavy atom. The molecule has 2 aromatic carbocycles. The second kappa shape index (κ2) is 25.2. The van der Waals surface area contributed by atoms with Crippen molar-refractivity contribution in [1.82, 2.24) is 10.2 Å². The van der Waals surface area contributed by atoms with Gasteiger partial charge in [-0.1, -0.05) is 67.5 Å². The molecule has 0 amide bonds. The van der Waals surface area contributed by atoms with E-state index < -0.39 is 5.54 Å². The monoisotopic (exact) mass is 794 g/mol. The van der Waals surface area contributed by atoms with Gasteiger partial charge in [0.2, 0.25) is 5.90 Å². The molecule has 314 valence electrons. The molecule has 10 heteroatoms. The molecule has 2 saturated carbocycles. The standard InChI is InChI=1S/C40H57N5O3S.C2H6O.2C2H6/c1-26(2)33-24-31(49-19-11-18-45(6)17-10-16-42-5)14-15-35(33)43-36(32-12-8-9-13-37(32)47-7)25-34(41)38-44-40(39(46)48-38)28(4)22-29-20-27(3)21-30(40)23-29;1-3-2;2*1-2/h8-9,12-15,24-30,42H,10-11,16-23,41H2,1-7H3;1-2H3;2*1-2H3/b34-25-,43-36?;;;. The fourth-order valence-electron chi connectivity index (χ4n) is 8.19. The van der Waals surface area contributed by atoms with Gasteiger partial charge in [0, 0.05) is 24.7 Å². The average molecular weight is 794 g/mol. The van der Waals surface area contributed by atoms with Gasteiger partial charge >= 0.3 is 5.97 Å². The van der Waals surface area contributed by atoms with Crippen LogP contribution < -0.4 is 15.8 Å². The maximum Gasteiger partial charge on any atom is 0.341 e. The number of rotatable bonds is 15. The second-order valence-corrected chi connectivity index (χ2v) is 16.4. The van der Waals surface area contributed by atoms with E-state index in [0.717, 1.165) is 74.3 Å². The van der Waals surface area contributed by atoms with Crippen molar-refractivity contribution in [2.45, 2.75) is 110 Å². The van der Waals surface area contributed by atoms with E-state index in [2.05, 4.69) is 67.9 Å². The lowest BCUT2D eigenvalue weighted by atomic mass is 9.56. The number of nitrogens with zero attached hydrogens (tertiary/aromatic N) is 3. The summed E-state index contributed by atoms with van der Waals surface area (Å²) in [5, 5.41) is 3.22. The summed E-state index contributed by atoms with van der Waals surface area (Å²) < 4.78 is 16.0. The van der Waals surface area contributed by atoms with Crippen LogP contribution >= 0.6 is 11.8 Å². The van der Waals surface area contributed by atoms with E-state index in [9.17, 15) is 4.79 Å². The number of carbonyl (C=O) groups is 1. The van der Waals surface area contributed by atoms with Gasteiger partial charge < -0.3 is 30.2 Å². The molecule has 56 heavy (non-hydrogen) atoms. The molecule has 3 N–H and O–H groups in total. The van der Waals surface area contributed by atoms with Gasteiger partial charge in [-0.25, -0.2) is 14.8 Å². The highest BCUT2D eigenvalue weighted by molar-refractivity contribution is 7.99. The Bertz CT molecular complexity index is 1570. The van der Waals surface area contributed by atoms with Crippen molar-refractivity contribution in [1.29, 1.82) is 0 Å². The van der Waals surface area contributed by atoms with Gasteiger partial charge in [-0.05, 0) is 150 Å². The lowest BCUT2D eigenvalue weighted by molar-refractivity contribution is -0.147. The zero-order valence-corrected chi connectivity index (χ0v) is 37.9. The van der Waals surface area contributed by atoms with Crippen molar-refractivity contribution in [3.63, 3.8) is 0 Å². The fourth-order valence-corrected chi connectivity index (χ4v) is 9.08. The first-order chi connectivity index (χ1) is 27.0. The molecule has 0 radical (unpaired) electrons. The Morgan fingerprint density at radius 3 is 2.39 bits per heavy atom. The molecule has 2 fully saturated rings. The molecular formula is C46H75N5O4S. The molecule has 2 aromatic rings. The van der Waals surface area contributed by atoms with Crippen molar-refractivity contribution < 1.29 is 19.0 Å². The van der Waals surface area contributed by atoms with E-state index in [4.69, 9.17) is 25.2 Å². The molecule has 3 aliphatic rings. The first kappa shape index (κ1) is 49.0. The highest BCUT2D eigenvalue weighted by Crippen LogP contribution is 2.54. The number of aliphatic imine (C=N–C) groups is 2. The highest BCUT2D eigenvalue weighted by atomic mass is 32.2. The van der Waals surface area contributed by atoms with E-state index in [1.54, 1.807) is 27.4 Å². The van der Waals surface area contributed by atoms with Crippen LogP contribution in [-0.2, 0) is 14.3 Å². The molecule has 1 heterocycles. The summed E-state index contributed by atoms with van der Waals surface area (Å²) >= 11 is 1.89. The number of benzene rings is 2. The SMILES string of the molecule is CC.CC.CNCCCN(C)CCCSc1ccc(N=C(/C=C(\N)C2=NC3(C(=O)O2)C(C)CC2CC(C)CC3C2)c2ccccc2OC)c(C(C)C)c1.COC. The van der Waals surface area contributed by atoms with Crippen molar-refractivity contribution in [3.05, 3.63) is 65.4 Å². The van der Waals surface area contributed by atoms with Crippen LogP contribution in [0.25, 0.3) is 0 Å². The minimum absolute atomic E-state index is 0.109. The molecule has 5 rings (SSSR count). The largest absolute Gasteiger partial charge is 0.496 e. The van der Waals surface area contributed by atoms with Crippen LogP contribution in [0.5, 0.6) is 5.75 Å². The average Bonchev–Trinajstić information content (AvgIpc) is 3.55. The molecule has 0 saturated heterocycles. The molecule has 1 spiro atoms. The maximum absolute atomic E-state index is 13.7. The Balaban J connectivity index is 0.00000145. The number of carbonyl (C=O) groups excluding carboxylic acids is 1. The van der Waals surface area contributed by atoms with Crippen LogP contribution in [-0.4, -0.2) is 88.8 Å². The first-order valence-electron chi connectivity index (χ1n) is 21.0. The summed E-state index contributed by atoms with van der Waals surface area (Å²) in [6.45, 7) is 20.1. The predicted octanol–water partition coefficient (Wildman–Crippen LogP) is 9.91. The molecular weight excluding hydrogens is 719 g/mol. The number of nitrogens with one attached hydrogen (secondary N) is 1. The summed E-state index contributed by atoms with van der Waals surface area (Å²) in [6, 6.07) is 14.3. The third-order valence-electron chi connectivity index (χ3n) is 10.6. The van der Waals surface area contributed by atoms with Gasteiger partial charge in [0.05, 0.1) is 24.2 Å². The zero-order chi connectivity index (χ0) is 41.8. The summed E-state index contributed by atoms with van der Waals surface area (Å²) in [6.07, 6.45) is 8.33. The lowest BCUT2D eigenvalue weighted by Crippen LogP contribution is -2.54. The number of para-hydroxylation sites is 1. The smallest absolute Gasteiger partial charge is 0.341 e. The number of fused-ring (bicyclic) bond motifs is 3. The zero-order valence-electron chi connectivity index (χ0n) is 37.0. The van der Waals surface area contributed by atoms with Crippen LogP contribution in [0, 0.1) is 23.7 Å². The first-order valence-corrected chi connectivity index (χ1v) is 22.0. The molecule has 5 unspecified atom stereocenters. The van der Waals surface area contributed by atoms with Gasteiger partial charge in [-0.15, -0.1) is 11.8 Å². The summed E-state index contributed by atoms with van der Waals surface area (Å²) in [5.41, 5.74) is 9.68. The number of thioether (sulfide) groups is 1. The van der Waals surface area contributed by atoms with Gasteiger partial charge in [-0.3, -0.25) is 0 Å². The number of methoxy groups -OCH3 is 2. The van der Waals surface area contributed by atoms with Crippen LogP contribution in [0.4, 0.5) is 5.69 Å².